The third-order valence-corrected chi connectivity index (χ3v) is 14.8. The Balaban J connectivity index is 1.87. The van der Waals surface area contributed by atoms with Crippen molar-refractivity contribution in [3.63, 3.8) is 0 Å². The topological polar surface area (TPSA) is 9.23 Å². The number of rotatable bonds is 4. The van der Waals surface area contributed by atoms with Crippen molar-refractivity contribution < 1.29 is 4.52 Å². The van der Waals surface area contributed by atoms with Gasteiger partial charge in [-0.2, -0.15) is 0 Å². The van der Waals surface area contributed by atoms with Crippen molar-refractivity contribution in [2.24, 2.45) is 5.92 Å². The molecule has 1 aliphatic carbocycles. The average molecular weight is 369 g/mol. The molecule has 2 aromatic carbocycles. The van der Waals surface area contributed by atoms with Crippen LogP contribution in [-0.2, 0) is 4.52 Å². The summed E-state index contributed by atoms with van der Waals surface area (Å²) in [4.78, 5) is 0. The Labute approximate surface area is 159 Å². The summed E-state index contributed by atoms with van der Waals surface area (Å²) >= 11 is 0. The predicted octanol–water partition coefficient (Wildman–Crippen LogP) is 5.88. The Morgan fingerprint density at radius 2 is 1.38 bits per heavy atom. The van der Waals surface area contributed by atoms with E-state index in [9.17, 15) is 0 Å². The first kappa shape index (κ1) is 18.2. The molecule has 140 valence electrons. The fraction of sp³-hybridized carbons (Fsp3) is 0.500. The van der Waals surface area contributed by atoms with Gasteiger partial charge in [0, 0.05) is 0 Å². The van der Waals surface area contributed by atoms with Gasteiger partial charge in [-0.15, -0.1) is 0 Å². The molecular weight excluding hydrogens is 335 g/mol. The van der Waals surface area contributed by atoms with Crippen LogP contribution in [-0.4, -0.2) is 17.4 Å². The van der Waals surface area contributed by atoms with E-state index >= 15 is 0 Å². The molecule has 0 spiro atoms. The zero-order chi connectivity index (χ0) is 18.3. The third kappa shape index (κ3) is 2.23. The van der Waals surface area contributed by atoms with Crippen LogP contribution in [0.15, 0.2) is 60.7 Å². The third-order valence-electron chi connectivity index (χ3n) is 7.74. The summed E-state index contributed by atoms with van der Waals surface area (Å²) in [5.74, 6) is 0.709. The van der Waals surface area contributed by atoms with Crippen LogP contribution in [0.3, 0.4) is 0 Å². The number of hydrogen-bond donors (Lipinski definition) is 0. The normalized spacial score (nSPS) is 32.1. The SMILES string of the molecule is CCP1(c2ccccc2)(c2ccccc2)O[C@](C)(C2CCCCC2)[C@@H]1C. The second kappa shape index (κ2) is 6.47. The predicted molar refractivity (Wildman–Crippen MR) is 115 cm³/mol. The first-order valence-corrected chi connectivity index (χ1v) is 12.8. The summed E-state index contributed by atoms with van der Waals surface area (Å²) in [5.41, 5.74) is 0.575. The van der Waals surface area contributed by atoms with E-state index in [1.807, 2.05) is 0 Å². The van der Waals surface area contributed by atoms with Crippen LogP contribution in [0.2, 0.25) is 0 Å². The molecule has 0 aromatic heterocycles. The Morgan fingerprint density at radius 1 is 0.885 bits per heavy atom. The van der Waals surface area contributed by atoms with Gasteiger partial charge >= 0.3 is 159 Å². The van der Waals surface area contributed by atoms with Gasteiger partial charge in [-0.05, 0) is 0 Å². The average Bonchev–Trinajstić information content (AvgIpc) is 2.73. The zero-order valence-corrected chi connectivity index (χ0v) is 17.4. The van der Waals surface area contributed by atoms with Crippen LogP contribution in [0.5, 0.6) is 0 Å². The van der Waals surface area contributed by atoms with Gasteiger partial charge in [0.1, 0.15) is 0 Å². The van der Waals surface area contributed by atoms with Crippen molar-refractivity contribution in [1.82, 2.24) is 0 Å². The van der Waals surface area contributed by atoms with Gasteiger partial charge in [-0.25, -0.2) is 0 Å². The van der Waals surface area contributed by atoms with Crippen molar-refractivity contribution >= 4 is 17.4 Å². The molecule has 2 aliphatic rings. The molecule has 2 atom stereocenters. The van der Waals surface area contributed by atoms with Crippen LogP contribution >= 0.6 is 6.83 Å². The molecule has 26 heavy (non-hydrogen) atoms. The van der Waals surface area contributed by atoms with Crippen molar-refractivity contribution in [1.29, 1.82) is 0 Å². The summed E-state index contributed by atoms with van der Waals surface area (Å²) in [6.07, 6.45) is 7.89. The second-order valence-electron chi connectivity index (χ2n) is 8.56. The van der Waals surface area contributed by atoms with E-state index in [-0.39, 0.29) is 5.60 Å². The minimum atomic E-state index is -2.65. The fourth-order valence-electron chi connectivity index (χ4n) is 6.10. The second-order valence-corrected chi connectivity index (χ2v) is 13.8. The molecule has 1 aliphatic heterocycles. The van der Waals surface area contributed by atoms with Crippen LogP contribution in [0.4, 0.5) is 0 Å². The summed E-state index contributed by atoms with van der Waals surface area (Å²) in [6.45, 7) is 4.63. The van der Waals surface area contributed by atoms with Crippen LogP contribution in [0.1, 0.15) is 52.9 Å². The molecule has 0 radical (unpaired) electrons. The van der Waals surface area contributed by atoms with Crippen molar-refractivity contribution in [3.8, 4) is 0 Å². The van der Waals surface area contributed by atoms with Crippen LogP contribution in [0, 0.1) is 5.92 Å². The van der Waals surface area contributed by atoms with Gasteiger partial charge < -0.3 is 0 Å². The van der Waals surface area contributed by atoms with Crippen LogP contribution < -0.4 is 10.6 Å². The summed E-state index contributed by atoms with van der Waals surface area (Å²) in [6, 6.07) is 22.3. The summed E-state index contributed by atoms with van der Waals surface area (Å²) in [5, 5.41) is 2.88. The molecule has 0 N–H and O–H groups in total. The molecular formula is C24H33OP. The Hall–Kier alpha value is -1.17. The molecule has 1 saturated heterocycles. The van der Waals surface area contributed by atoms with Crippen molar-refractivity contribution in [3.05, 3.63) is 60.7 Å². The van der Waals surface area contributed by atoms with Crippen molar-refractivity contribution in [2.45, 2.75) is 64.1 Å². The summed E-state index contributed by atoms with van der Waals surface area (Å²) in [7, 11) is 0. The van der Waals surface area contributed by atoms with Gasteiger partial charge in [0.2, 0.25) is 0 Å². The van der Waals surface area contributed by atoms with E-state index in [0.29, 0.717) is 11.6 Å². The van der Waals surface area contributed by atoms with Crippen LogP contribution in [0.25, 0.3) is 0 Å². The standard InChI is InChI=1S/C24H33OP/c1-4-26(22-16-10-6-11-17-22,23-18-12-7-13-19-23)20(2)24(3,25-26)21-14-8-5-9-15-21/h6-7,10-13,16-21H,4-5,8-9,14-15H2,1-3H3/t20-,24-/m0/s1. The van der Waals surface area contributed by atoms with Gasteiger partial charge in [-0.3, -0.25) is 0 Å². The van der Waals surface area contributed by atoms with E-state index in [0.717, 1.165) is 6.16 Å². The maximum absolute atomic E-state index is 7.41. The first-order chi connectivity index (χ1) is 12.6. The molecule has 2 aromatic rings. The molecule has 2 heteroatoms. The quantitative estimate of drug-likeness (QED) is 0.612. The molecule has 0 unspecified atom stereocenters. The maximum atomic E-state index is 7.41. The zero-order valence-electron chi connectivity index (χ0n) is 16.5. The minimum absolute atomic E-state index is 0.0138. The molecule has 4 rings (SSSR count). The van der Waals surface area contributed by atoms with E-state index in [1.54, 1.807) is 0 Å². The fourth-order valence-corrected chi connectivity index (χ4v) is 13.1. The van der Waals surface area contributed by atoms with Gasteiger partial charge in [0.05, 0.1) is 0 Å². The molecule has 1 heterocycles. The molecule has 1 nitrogen and oxygen atoms in total. The monoisotopic (exact) mass is 368 g/mol. The molecule has 1 saturated carbocycles. The molecule has 0 amide bonds. The summed E-state index contributed by atoms with van der Waals surface area (Å²) < 4.78 is 7.41. The molecule has 0 bridgehead atoms. The number of hydrogen-bond acceptors (Lipinski definition) is 1. The molecule has 2 fully saturated rings. The van der Waals surface area contributed by atoms with E-state index in [1.165, 1.54) is 42.7 Å². The van der Waals surface area contributed by atoms with Gasteiger partial charge in [0.15, 0.2) is 0 Å². The van der Waals surface area contributed by atoms with E-state index in [4.69, 9.17) is 4.52 Å². The Bertz CT molecular complexity index is 711. The van der Waals surface area contributed by atoms with E-state index < -0.39 is 6.83 Å². The van der Waals surface area contributed by atoms with Crippen molar-refractivity contribution in [2.75, 3.05) is 6.16 Å². The van der Waals surface area contributed by atoms with Gasteiger partial charge in [-0.1, -0.05) is 0 Å². The number of benzene rings is 2. The first-order valence-electron chi connectivity index (χ1n) is 10.4. The Kier molecular flexibility index (Phi) is 4.53. The Morgan fingerprint density at radius 3 is 1.81 bits per heavy atom. The van der Waals surface area contributed by atoms with E-state index in [2.05, 4.69) is 81.4 Å². The van der Waals surface area contributed by atoms with Gasteiger partial charge in [0.25, 0.3) is 0 Å².